The number of carboxylic acids is 1. The van der Waals surface area contributed by atoms with E-state index in [0.717, 1.165) is 23.1 Å². The van der Waals surface area contributed by atoms with Crippen LogP contribution in [0.3, 0.4) is 0 Å². The fourth-order valence-electron chi connectivity index (χ4n) is 1.73. The summed E-state index contributed by atoms with van der Waals surface area (Å²) in [6.45, 7) is 5.79. The van der Waals surface area contributed by atoms with E-state index in [1.807, 2.05) is 45.0 Å². The van der Waals surface area contributed by atoms with Crippen LogP contribution in [0.25, 0.3) is 0 Å². The summed E-state index contributed by atoms with van der Waals surface area (Å²) >= 11 is 1.08. The van der Waals surface area contributed by atoms with Crippen LogP contribution in [0.15, 0.2) is 24.3 Å². The van der Waals surface area contributed by atoms with E-state index in [1.54, 1.807) is 0 Å². The van der Waals surface area contributed by atoms with E-state index in [1.165, 1.54) is 0 Å². The lowest BCUT2D eigenvalue weighted by Gasteiger charge is -2.16. The Morgan fingerprint density at radius 1 is 1.29 bits per heavy atom. The van der Waals surface area contributed by atoms with Crippen LogP contribution < -0.4 is 10.1 Å². The van der Waals surface area contributed by atoms with Crippen LogP contribution in [0.1, 0.15) is 32.4 Å². The minimum Gasteiger partial charge on any atom is -0.491 e. The molecule has 0 fully saturated rings. The van der Waals surface area contributed by atoms with Gasteiger partial charge in [0.2, 0.25) is 5.91 Å². The molecule has 0 aromatic heterocycles. The highest BCUT2D eigenvalue weighted by molar-refractivity contribution is 8.00. The molecule has 0 aliphatic heterocycles. The molecule has 116 valence electrons. The summed E-state index contributed by atoms with van der Waals surface area (Å²) in [5.41, 5.74) is 0.949. The first-order chi connectivity index (χ1) is 9.88. The number of carbonyl (C=O) groups excluding carboxylic acids is 1. The van der Waals surface area contributed by atoms with Crippen molar-refractivity contribution in [3.05, 3.63) is 29.8 Å². The molecule has 1 aromatic carbocycles. The molecule has 0 saturated heterocycles. The summed E-state index contributed by atoms with van der Waals surface area (Å²) in [6, 6.07) is 7.42. The largest absolute Gasteiger partial charge is 0.491 e. The summed E-state index contributed by atoms with van der Waals surface area (Å²) in [5, 5.41) is 11.4. The molecule has 1 unspecified atom stereocenters. The fourth-order valence-corrected chi connectivity index (χ4v) is 2.27. The Labute approximate surface area is 129 Å². The Morgan fingerprint density at radius 2 is 2.00 bits per heavy atom. The van der Waals surface area contributed by atoms with Gasteiger partial charge >= 0.3 is 5.97 Å². The van der Waals surface area contributed by atoms with Crippen LogP contribution in [0.4, 0.5) is 0 Å². The monoisotopic (exact) mass is 311 g/mol. The molecular weight excluding hydrogens is 290 g/mol. The fraction of sp³-hybridized carbons (Fsp3) is 0.467. The van der Waals surface area contributed by atoms with Crippen molar-refractivity contribution in [2.75, 3.05) is 11.5 Å². The molecule has 2 N–H and O–H groups in total. The van der Waals surface area contributed by atoms with E-state index in [9.17, 15) is 9.59 Å². The van der Waals surface area contributed by atoms with Gasteiger partial charge in [0.15, 0.2) is 0 Å². The van der Waals surface area contributed by atoms with Gasteiger partial charge in [0.1, 0.15) is 5.75 Å². The third-order valence-corrected chi connectivity index (χ3v) is 3.48. The van der Waals surface area contributed by atoms with Gasteiger partial charge in [0, 0.05) is 0 Å². The lowest BCUT2D eigenvalue weighted by Crippen LogP contribution is -2.28. The third kappa shape index (κ3) is 7.04. The lowest BCUT2D eigenvalue weighted by atomic mass is 10.1. The van der Waals surface area contributed by atoms with Crippen LogP contribution in [0, 0.1) is 0 Å². The minimum atomic E-state index is -0.917. The van der Waals surface area contributed by atoms with E-state index < -0.39 is 5.97 Å². The number of carboxylic acid groups (broad SMARTS) is 1. The van der Waals surface area contributed by atoms with Gasteiger partial charge in [-0.05, 0) is 38.5 Å². The number of nitrogens with one attached hydrogen (secondary N) is 1. The molecule has 6 heteroatoms. The number of thioether (sulfide) groups is 1. The summed E-state index contributed by atoms with van der Waals surface area (Å²) < 4.78 is 5.62. The zero-order valence-electron chi connectivity index (χ0n) is 12.5. The normalized spacial score (nSPS) is 12.0. The predicted molar refractivity (Wildman–Crippen MR) is 83.7 cm³/mol. The van der Waals surface area contributed by atoms with Crippen molar-refractivity contribution < 1.29 is 19.4 Å². The first-order valence-corrected chi connectivity index (χ1v) is 7.89. The van der Waals surface area contributed by atoms with Gasteiger partial charge in [0.05, 0.1) is 23.7 Å². The molecule has 1 atom stereocenters. The van der Waals surface area contributed by atoms with E-state index in [4.69, 9.17) is 9.84 Å². The summed E-state index contributed by atoms with van der Waals surface area (Å²) in [6.07, 6.45) is 0.0950. The number of hydrogen-bond donors (Lipinski definition) is 2. The average molecular weight is 311 g/mol. The molecule has 0 radical (unpaired) electrons. The third-order valence-electron chi connectivity index (χ3n) is 2.57. The second kappa shape index (κ2) is 8.56. The van der Waals surface area contributed by atoms with Gasteiger partial charge in [0.25, 0.3) is 0 Å². The molecule has 0 aliphatic carbocycles. The van der Waals surface area contributed by atoms with Crippen LogP contribution >= 0.6 is 11.8 Å². The van der Waals surface area contributed by atoms with Crippen molar-refractivity contribution in [1.82, 2.24) is 5.32 Å². The molecule has 0 bridgehead atoms. The van der Waals surface area contributed by atoms with Gasteiger partial charge in [-0.25, -0.2) is 0 Å². The number of benzene rings is 1. The molecule has 0 spiro atoms. The van der Waals surface area contributed by atoms with Crippen LogP contribution in [-0.4, -0.2) is 34.6 Å². The Kier molecular flexibility index (Phi) is 7.08. The number of amides is 1. The van der Waals surface area contributed by atoms with Crippen LogP contribution in [0.5, 0.6) is 5.75 Å². The first kappa shape index (κ1) is 17.4. The Balaban J connectivity index is 2.52. The van der Waals surface area contributed by atoms with Gasteiger partial charge in [-0.1, -0.05) is 12.1 Å². The van der Waals surface area contributed by atoms with E-state index in [0.29, 0.717) is 0 Å². The molecule has 1 rings (SSSR count). The summed E-state index contributed by atoms with van der Waals surface area (Å²) in [5.74, 6) is -0.259. The Hall–Kier alpha value is -1.69. The van der Waals surface area contributed by atoms with Crippen LogP contribution in [0.2, 0.25) is 0 Å². The highest BCUT2D eigenvalue weighted by atomic mass is 32.2. The first-order valence-electron chi connectivity index (χ1n) is 6.74. The smallest absolute Gasteiger partial charge is 0.313 e. The quantitative estimate of drug-likeness (QED) is 0.771. The highest BCUT2D eigenvalue weighted by Gasteiger charge is 2.11. The molecule has 21 heavy (non-hydrogen) atoms. The summed E-state index contributed by atoms with van der Waals surface area (Å²) in [7, 11) is 0. The van der Waals surface area contributed by atoms with E-state index >= 15 is 0 Å². The van der Waals surface area contributed by atoms with Crippen molar-refractivity contribution in [2.24, 2.45) is 0 Å². The number of rotatable bonds is 8. The molecule has 0 saturated carbocycles. The maximum atomic E-state index is 11.7. The molecular formula is C15H21NO4S. The van der Waals surface area contributed by atoms with Crippen molar-refractivity contribution in [3.63, 3.8) is 0 Å². The van der Waals surface area contributed by atoms with Crippen molar-refractivity contribution in [3.8, 4) is 5.75 Å². The zero-order valence-corrected chi connectivity index (χ0v) is 13.3. The SMILES string of the molecule is CC(C)Oc1cccc(C(C)NC(=O)CSCC(=O)O)c1. The topological polar surface area (TPSA) is 75.6 Å². The highest BCUT2D eigenvalue weighted by Crippen LogP contribution is 2.20. The Morgan fingerprint density at radius 3 is 2.62 bits per heavy atom. The second-order valence-electron chi connectivity index (χ2n) is 4.91. The Bertz CT molecular complexity index is 490. The number of aliphatic carboxylic acids is 1. The van der Waals surface area contributed by atoms with Gasteiger partial charge in [-0.15, -0.1) is 11.8 Å². The zero-order chi connectivity index (χ0) is 15.8. The van der Waals surface area contributed by atoms with E-state index in [-0.39, 0.29) is 29.6 Å². The van der Waals surface area contributed by atoms with E-state index in [2.05, 4.69) is 5.32 Å². The number of ether oxygens (including phenoxy) is 1. The lowest BCUT2D eigenvalue weighted by molar-refractivity contribution is -0.133. The average Bonchev–Trinajstić information content (AvgIpc) is 2.37. The maximum absolute atomic E-state index is 11.7. The van der Waals surface area contributed by atoms with Gasteiger partial charge in [-0.2, -0.15) is 0 Å². The molecule has 5 nitrogen and oxygen atoms in total. The standard InChI is InChI=1S/C15H21NO4S/c1-10(2)20-13-6-4-5-12(7-13)11(3)16-14(17)8-21-9-15(18)19/h4-7,10-11H,8-9H2,1-3H3,(H,16,17)(H,18,19). The van der Waals surface area contributed by atoms with Crippen molar-refractivity contribution >= 4 is 23.6 Å². The van der Waals surface area contributed by atoms with Crippen LogP contribution in [-0.2, 0) is 9.59 Å². The molecule has 0 heterocycles. The number of hydrogen-bond acceptors (Lipinski definition) is 4. The molecule has 1 aromatic rings. The van der Waals surface area contributed by atoms with Crippen molar-refractivity contribution in [2.45, 2.75) is 32.9 Å². The van der Waals surface area contributed by atoms with Gasteiger partial charge < -0.3 is 15.2 Å². The minimum absolute atomic E-state index is 0.0699. The molecule has 1 amide bonds. The molecule has 0 aliphatic rings. The number of carbonyl (C=O) groups is 2. The predicted octanol–water partition coefficient (Wildman–Crippen LogP) is 2.47. The van der Waals surface area contributed by atoms with Crippen molar-refractivity contribution in [1.29, 1.82) is 0 Å². The second-order valence-corrected chi connectivity index (χ2v) is 5.90. The summed E-state index contributed by atoms with van der Waals surface area (Å²) in [4.78, 5) is 22.1. The van der Waals surface area contributed by atoms with Gasteiger partial charge in [-0.3, -0.25) is 9.59 Å². The maximum Gasteiger partial charge on any atom is 0.313 e.